The van der Waals surface area contributed by atoms with Crippen LogP contribution in [0.5, 0.6) is 0 Å². The van der Waals surface area contributed by atoms with Crippen LogP contribution in [-0.4, -0.2) is 4.92 Å². The van der Waals surface area contributed by atoms with E-state index in [9.17, 15) is 10.1 Å². The summed E-state index contributed by atoms with van der Waals surface area (Å²) in [4.78, 5) is 10.8. The van der Waals surface area contributed by atoms with Crippen LogP contribution in [0.25, 0.3) is 0 Å². The Kier molecular flexibility index (Phi) is 4.00. The van der Waals surface area contributed by atoms with Crippen molar-refractivity contribution >= 4 is 45.6 Å². The number of hydrogen-bond donors (Lipinski definition) is 1. The maximum Gasteiger partial charge on any atom is 0.288 e. The first-order valence-corrected chi connectivity index (χ1v) is 9.17. The predicted molar refractivity (Wildman–Crippen MR) is 104 cm³/mol. The molecule has 0 amide bonds. The number of nitrogens with zero attached hydrogens (tertiary/aromatic N) is 1. The van der Waals surface area contributed by atoms with Gasteiger partial charge in [0.25, 0.3) is 5.69 Å². The normalized spacial score (nSPS) is 24.2. The molecule has 2 aromatic rings. The number of nitro benzene ring substituents is 1. The van der Waals surface area contributed by atoms with Crippen LogP contribution in [0.4, 0.5) is 11.4 Å². The summed E-state index contributed by atoms with van der Waals surface area (Å²) in [6.45, 7) is 0. The summed E-state index contributed by atoms with van der Waals surface area (Å²) < 4.78 is 1.22. The maximum atomic E-state index is 11.2. The fourth-order valence-electron chi connectivity index (χ4n) is 3.76. The number of allylic oxidation sites excluding steroid dienone is 2. The van der Waals surface area contributed by atoms with Crippen molar-refractivity contribution in [3.63, 3.8) is 0 Å². The molecule has 4 nitrogen and oxygen atoms in total. The van der Waals surface area contributed by atoms with Gasteiger partial charge in [-0.15, -0.1) is 0 Å². The largest absolute Gasteiger partial charge is 0.378 e. The first-order valence-electron chi connectivity index (χ1n) is 7.71. The van der Waals surface area contributed by atoms with Crippen molar-refractivity contribution in [2.75, 3.05) is 5.32 Å². The van der Waals surface area contributed by atoms with Gasteiger partial charge >= 0.3 is 0 Å². The number of rotatable bonds is 2. The lowest BCUT2D eigenvalue weighted by Crippen LogP contribution is -2.29. The summed E-state index contributed by atoms with van der Waals surface area (Å²) in [6.07, 6.45) is 5.44. The van der Waals surface area contributed by atoms with Crippen LogP contribution >= 0.6 is 34.2 Å². The van der Waals surface area contributed by atoms with Gasteiger partial charge in [-0.1, -0.05) is 29.8 Å². The molecule has 0 saturated carbocycles. The average Bonchev–Trinajstić information content (AvgIpc) is 3.04. The van der Waals surface area contributed by atoms with Crippen molar-refractivity contribution in [1.29, 1.82) is 0 Å². The smallest absolute Gasteiger partial charge is 0.288 e. The van der Waals surface area contributed by atoms with Gasteiger partial charge in [0.2, 0.25) is 0 Å². The molecule has 4 rings (SSSR count). The van der Waals surface area contributed by atoms with E-state index in [-0.39, 0.29) is 16.8 Å². The number of anilines is 1. The summed E-state index contributed by atoms with van der Waals surface area (Å²) >= 11 is 8.29. The molecule has 6 heteroatoms. The standard InChI is InChI=1S/C18H14ClIN2O2/c19-15-6-4-10(8-17(15)22(23)24)18-13-3-1-2-12(13)14-9-11(20)5-7-16(14)21-18/h1-2,4-9,12-13,18,21H,3H2/t12-,13+,18-/m0/s1. The Balaban J connectivity index is 1.79. The number of nitrogens with one attached hydrogen (secondary N) is 1. The summed E-state index contributed by atoms with van der Waals surface area (Å²) in [6, 6.07) is 11.5. The zero-order valence-corrected chi connectivity index (χ0v) is 15.5. The molecule has 122 valence electrons. The van der Waals surface area contributed by atoms with E-state index in [4.69, 9.17) is 11.6 Å². The number of hydrogen-bond acceptors (Lipinski definition) is 3. The average molecular weight is 453 g/mol. The van der Waals surface area contributed by atoms with Crippen molar-refractivity contribution in [3.05, 3.63) is 78.4 Å². The van der Waals surface area contributed by atoms with E-state index >= 15 is 0 Å². The zero-order valence-electron chi connectivity index (χ0n) is 12.6. The highest BCUT2D eigenvalue weighted by Crippen LogP contribution is 2.50. The van der Waals surface area contributed by atoms with E-state index in [2.05, 4.69) is 58.3 Å². The topological polar surface area (TPSA) is 55.2 Å². The fourth-order valence-corrected chi connectivity index (χ4v) is 4.46. The molecule has 0 saturated heterocycles. The minimum absolute atomic E-state index is 0.0353. The van der Waals surface area contributed by atoms with Gasteiger partial charge in [-0.05, 0) is 70.3 Å². The third-order valence-electron chi connectivity index (χ3n) is 4.85. The van der Waals surface area contributed by atoms with Crippen LogP contribution in [0.3, 0.4) is 0 Å². The van der Waals surface area contributed by atoms with Crippen LogP contribution in [0.2, 0.25) is 5.02 Å². The molecule has 24 heavy (non-hydrogen) atoms. The van der Waals surface area contributed by atoms with Gasteiger partial charge in [-0.3, -0.25) is 10.1 Å². The minimum atomic E-state index is -0.421. The fraction of sp³-hybridized carbons (Fsp3) is 0.222. The van der Waals surface area contributed by atoms with Gasteiger partial charge in [0.15, 0.2) is 0 Å². The van der Waals surface area contributed by atoms with Crippen LogP contribution in [0.15, 0.2) is 48.6 Å². The summed E-state index contributed by atoms with van der Waals surface area (Å²) in [5, 5.41) is 15.0. The van der Waals surface area contributed by atoms with Crippen molar-refractivity contribution < 1.29 is 4.92 Å². The Bertz CT molecular complexity index is 868. The highest BCUT2D eigenvalue weighted by atomic mass is 127. The van der Waals surface area contributed by atoms with E-state index in [1.54, 1.807) is 12.1 Å². The van der Waals surface area contributed by atoms with E-state index in [1.807, 2.05) is 6.07 Å². The molecule has 1 aliphatic carbocycles. The number of fused-ring (bicyclic) bond motifs is 3. The number of benzene rings is 2. The second-order valence-corrected chi connectivity index (χ2v) is 7.83. The van der Waals surface area contributed by atoms with Gasteiger partial charge in [-0.2, -0.15) is 0 Å². The highest BCUT2D eigenvalue weighted by molar-refractivity contribution is 14.1. The van der Waals surface area contributed by atoms with E-state index < -0.39 is 4.92 Å². The Morgan fingerprint density at radius 3 is 2.88 bits per heavy atom. The second-order valence-electron chi connectivity index (χ2n) is 6.18. The molecular weight excluding hydrogens is 439 g/mol. The zero-order chi connectivity index (χ0) is 16.8. The molecular formula is C18H14ClIN2O2. The molecule has 0 bridgehead atoms. The van der Waals surface area contributed by atoms with Crippen molar-refractivity contribution in [2.45, 2.75) is 18.4 Å². The van der Waals surface area contributed by atoms with E-state index in [0.717, 1.165) is 17.7 Å². The van der Waals surface area contributed by atoms with Crippen molar-refractivity contribution in [2.24, 2.45) is 5.92 Å². The van der Waals surface area contributed by atoms with Crippen molar-refractivity contribution in [3.8, 4) is 0 Å². The molecule has 3 atom stereocenters. The first-order chi connectivity index (χ1) is 11.5. The third-order valence-corrected chi connectivity index (χ3v) is 5.84. The van der Waals surface area contributed by atoms with Gasteiger partial charge in [-0.25, -0.2) is 0 Å². The van der Waals surface area contributed by atoms with Gasteiger partial charge < -0.3 is 5.32 Å². The third kappa shape index (κ3) is 2.59. The lowest BCUT2D eigenvalue weighted by Gasteiger charge is -2.37. The summed E-state index contributed by atoms with van der Waals surface area (Å²) in [7, 11) is 0. The molecule has 1 N–H and O–H groups in total. The highest BCUT2D eigenvalue weighted by Gasteiger charge is 2.38. The van der Waals surface area contributed by atoms with Gasteiger partial charge in [0, 0.05) is 21.2 Å². The molecule has 0 aromatic heterocycles. The molecule has 0 radical (unpaired) electrons. The minimum Gasteiger partial charge on any atom is -0.378 e. The van der Waals surface area contributed by atoms with Crippen LogP contribution < -0.4 is 5.32 Å². The molecule has 0 spiro atoms. The Hall–Kier alpha value is -1.60. The maximum absolute atomic E-state index is 11.2. The Morgan fingerprint density at radius 2 is 2.08 bits per heavy atom. The molecule has 2 aromatic carbocycles. The summed E-state index contributed by atoms with van der Waals surface area (Å²) in [5.74, 6) is 0.701. The summed E-state index contributed by atoms with van der Waals surface area (Å²) in [5.41, 5.74) is 3.28. The van der Waals surface area contributed by atoms with Crippen LogP contribution in [0.1, 0.15) is 29.5 Å². The first kappa shape index (κ1) is 15.9. The molecule has 2 aliphatic rings. The predicted octanol–water partition coefficient (Wildman–Crippen LogP) is 5.68. The monoisotopic (exact) mass is 452 g/mol. The number of halogens is 2. The Labute approximate surface area is 158 Å². The van der Waals surface area contributed by atoms with Gasteiger partial charge in [0.1, 0.15) is 5.02 Å². The molecule has 1 aliphatic heterocycles. The van der Waals surface area contributed by atoms with E-state index in [1.165, 1.54) is 9.13 Å². The van der Waals surface area contributed by atoms with Crippen LogP contribution in [0, 0.1) is 19.6 Å². The number of nitro groups is 1. The second kappa shape index (κ2) is 6.04. The van der Waals surface area contributed by atoms with Crippen molar-refractivity contribution in [1.82, 2.24) is 0 Å². The molecule has 1 heterocycles. The SMILES string of the molecule is O=[N+]([O-])c1cc([C@@H]2Nc3ccc(I)cc3[C@H]3C=CC[C@H]32)ccc1Cl. The van der Waals surface area contributed by atoms with E-state index in [0.29, 0.717) is 11.8 Å². The van der Waals surface area contributed by atoms with Gasteiger partial charge in [0.05, 0.1) is 11.0 Å². The lowest BCUT2D eigenvalue weighted by atomic mass is 9.77. The molecule has 0 fully saturated rings. The lowest BCUT2D eigenvalue weighted by molar-refractivity contribution is -0.384. The molecule has 0 unspecified atom stereocenters. The van der Waals surface area contributed by atoms with Crippen LogP contribution in [-0.2, 0) is 0 Å². The Morgan fingerprint density at radius 1 is 1.25 bits per heavy atom. The quantitative estimate of drug-likeness (QED) is 0.276.